The Hall–Kier alpha value is -3.69. The summed E-state index contributed by atoms with van der Waals surface area (Å²) in [7, 11) is -3.29. The first kappa shape index (κ1) is 24.0. The van der Waals surface area contributed by atoms with Crippen LogP contribution in [0.3, 0.4) is 0 Å². The molecule has 36 heavy (non-hydrogen) atoms. The van der Waals surface area contributed by atoms with E-state index < -0.39 is 15.1 Å². The minimum absolute atomic E-state index is 0.373. The van der Waals surface area contributed by atoms with Crippen molar-refractivity contribution >= 4 is 20.6 Å². The normalized spacial score (nSPS) is 11.8. The zero-order valence-electron chi connectivity index (χ0n) is 20.7. The van der Waals surface area contributed by atoms with E-state index in [1.54, 1.807) is 26.0 Å². The van der Waals surface area contributed by atoms with Crippen molar-refractivity contribution in [1.82, 2.24) is 0 Å². The van der Waals surface area contributed by atoms with E-state index in [1.807, 2.05) is 18.2 Å². The molecule has 0 spiro atoms. The topological polar surface area (TPSA) is 34.1 Å². The molecule has 0 aromatic heterocycles. The molecule has 0 aliphatic heterocycles. The van der Waals surface area contributed by atoms with Crippen LogP contribution in [0.4, 0.5) is 0 Å². The number of sulfone groups is 1. The summed E-state index contributed by atoms with van der Waals surface area (Å²) >= 11 is 0. The van der Waals surface area contributed by atoms with Crippen LogP contribution in [0, 0.1) is 0 Å². The van der Waals surface area contributed by atoms with Crippen molar-refractivity contribution in [2.45, 2.75) is 36.8 Å². The molecule has 5 rings (SSSR count). The summed E-state index contributed by atoms with van der Waals surface area (Å²) in [4.78, 5) is 0.373. The van der Waals surface area contributed by atoms with E-state index in [2.05, 4.69) is 84.9 Å². The molecule has 0 bridgehead atoms. The van der Waals surface area contributed by atoms with Gasteiger partial charge in [-0.2, -0.15) is 0 Å². The number of benzene rings is 5. The number of rotatable bonds is 7. The van der Waals surface area contributed by atoms with Crippen LogP contribution >= 0.6 is 0 Å². The highest BCUT2D eigenvalue weighted by atomic mass is 32.2. The van der Waals surface area contributed by atoms with E-state index >= 15 is 0 Å². The Morgan fingerprint density at radius 2 is 1.28 bits per heavy atom. The molecule has 0 radical (unpaired) electrons. The van der Waals surface area contributed by atoms with Crippen molar-refractivity contribution in [3.05, 3.63) is 126 Å². The Balaban J connectivity index is 1.63. The Morgan fingerprint density at radius 3 is 1.94 bits per heavy atom. The van der Waals surface area contributed by atoms with Gasteiger partial charge in [0.15, 0.2) is 9.84 Å². The third-order valence-electron chi connectivity index (χ3n) is 6.81. The molecule has 5 aromatic rings. The lowest BCUT2D eigenvalue weighted by Gasteiger charge is -2.16. The molecule has 0 aliphatic rings. The van der Waals surface area contributed by atoms with Crippen LogP contribution in [0.1, 0.15) is 25.0 Å². The second-order valence-electron chi connectivity index (χ2n) is 9.51. The third-order valence-corrected chi connectivity index (χ3v) is 8.98. The fourth-order valence-electron chi connectivity index (χ4n) is 4.77. The summed E-state index contributed by atoms with van der Waals surface area (Å²) in [5.41, 5.74) is 7.18. The molecule has 0 amide bonds. The van der Waals surface area contributed by atoms with Crippen molar-refractivity contribution in [3.8, 4) is 22.3 Å². The lowest BCUT2D eigenvalue weighted by molar-refractivity contribution is 0.587. The smallest absolute Gasteiger partial charge is 0.180 e. The highest BCUT2D eigenvalue weighted by molar-refractivity contribution is 7.92. The number of aryl methyl sites for hydroxylation is 2. The summed E-state index contributed by atoms with van der Waals surface area (Å²) in [6.45, 7) is 3.44. The van der Waals surface area contributed by atoms with Gasteiger partial charge in [-0.3, -0.25) is 0 Å². The highest BCUT2D eigenvalue weighted by Crippen LogP contribution is 2.36. The van der Waals surface area contributed by atoms with Crippen LogP contribution in [0.15, 0.2) is 120 Å². The number of hydrogen-bond acceptors (Lipinski definition) is 2. The Kier molecular flexibility index (Phi) is 6.75. The van der Waals surface area contributed by atoms with E-state index in [0.29, 0.717) is 4.90 Å². The van der Waals surface area contributed by atoms with Gasteiger partial charge in [0, 0.05) is 0 Å². The van der Waals surface area contributed by atoms with Crippen LogP contribution < -0.4 is 0 Å². The monoisotopic (exact) mass is 490 g/mol. The van der Waals surface area contributed by atoms with Gasteiger partial charge >= 0.3 is 0 Å². The zero-order chi connectivity index (χ0) is 25.1. The predicted molar refractivity (Wildman–Crippen MR) is 151 cm³/mol. The molecular formula is C33H30O2S. The summed E-state index contributed by atoms with van der Waals surface area (Å²) in [6.07, 6.45) is 1.87. The molecular weight excluding hydrogens is 460 g/mol. The van der Waals surface area contributed by atoms with Gasteiger partial charge in [-0.1, -0.05) is 97.1 Å². The summed E-state index contributed by atoms with van der Waals surface area (Å²) in [5.74, 6) is 0. The first-order valence-corrected chi connectivity index (χ1v) is 14.0. The molecule has 0 unspecified atom stereocenters. The average molecular weight is 491 g/mol. The first-order valence-electron chi connectivity index (χ1n) is 12.4. The quantitative estimate of drug-likeness (QED) is 0.231. The summed E-state index contributed by atoms with van der Waals surface area (Å²) < 4.78 is 25.2. The second-order valence-corrected chi connectivity index (χ2v) is 12.0. The average Bonchev–Trinajstić information content (AvgIpc) is 2.92. The molecule has 0 saturated carbocycles. The van der Waals surface area contributed by atoms with Crippen LogP contribution in [0.2, 0.25) is 0 Å². The van der Waals surface area contributed by atoms with Crippen molar-refractivity contribution in [3.63, 3.8) is 0 Å². The van der Waals surface area contributed by atoms with Crippen LogP contribution in [0.5, 0.6) is 0 Å². The molecule has 0 saturated heterocycles. The lowest BCUT2D eigenvalue weighted by Crippen LogP contribution is -2.13. The molecule has 0 N–H and O–H groups in total. The lowest BCUT2D eigenvalue weighted by atomic mass is 9.89. The molecule has 2 nitrogen and oxygen atoms in total. The van der Waals surface area contributed by atoms with Gasteiger partial charge in [-0.25, -0.2) is 8.42 Å². The largest absolute Gasteiger partial charge is 0.223 e. The van der Waals surface area contributed by atoms with Gasteiger partial charge in [-0.05, 0) is 89.0 Å². The number of fused-ring (bicyclic) bond motifs is 1. The molecule has 0 fully saturated rings. The Morgan fingerprint density at radius 1 is 0.611 bits per heavy atom. The highest BCUT2D eigenvalue weighted by Gasteiger charge is 2.19. The predicted octanol–water partition coefficient (Wildman–Crippen LogP) is 8.14. The van der Waals surface area contributed by atoms with E-state index in [9.17, 15) is 8.42 Å². The molecule has 5 aromatic carbocycles. The minimum Gasteiger partial charge on any atom is -0.223 e. The first-order chi connectivity index (χ1) is 17.4. The zero-order valence-corrected chi connectivity index (χ0v) is 21.5. The Bertz CT molecular complexity index is 1590. The Labute approximate surface area is 214 Å². The maximum absolute atomic E-state index is 12.6. The maximum atomic E-state index is 12.6. The van der Waals surface area contributed by atoms with Gasteiger partial charge in [0.05, 0.1) is 10.1 Å². The third kappa shape index (κ3) is 4.84. The van der Waals surface area contributed by atoms with E-state index in [0.717, 1.165) is 24.0 Å². The minimum atomic E-state index is -3.29. The second kappa shape index (κ2) is 10.1. The van der Waals surface area contributed by atoms with E-state index in [1.165, 1.54) is 33.0 Å². The van der Waals surface area contributed by atoms with Gasteiger partial charge in [0.2, 0.25) is 0 Å². The van der Waals surface area contributed by atoms with Gasteiger partial charge in [0.1, 0.15) is 0 Å². The van der Waals surface area contributed by atoms with Gasteiger partial charge in [0.25, 0.3) is 0 Å². The summed E-state index contributed by atoms with van der Waals surface area (Å²) in [5, 5.41) is 2.03. The number of hydrogen-bond donors (Lipinski definition) is 0. The van der Waals surface area contributed by atoms with Crippen molar-refractivity contribution in [2.75, 3.05) is 0 Å². The van der Waals surface area contributed by atoms with E-state index in [-0.39, 0.29) is 0 Å². The fraction of sp³-hybridized carbons (Fsp3) is 0.152. The van der Waals surface area contributed by atoms with Gasteiger partial charge in [-0.15, -0.1) is 0 Å². The fourth-order valence-corrected chi connectivity index (χ4v) is 5.83. The molecule has 180 valence electrons. The maximum Gasteiger partial charge on any atom is 0.180 e. The molecule has 0 atom stereocenters. The van der Waals surface area contributed by atoms with Crippen molar-refractivity contribution in [1.29, 1.82) is 0 Å². The molecule has 3 heteroatoms. The van der Waals surface area contributed by atoms with Crippen LogP contribution in [0.25, 0.3) is 33.0 Å². The van der Waals surface area contributed by atoms with Crippen LogP contribution in [-0.2, 0) is 22.7 Å². The van der Waals surface area contributed by atoms with Crippen LogP contribution in [-0.4, -0.2) is 13.7 Å². The SMILES string of the molecule is CC(C)S(=O)(=O)c1ccc(-c2cc(CCc3ccccc3)c3c(-c4ccccc4)cccc3c2)cc1. The summed E-state index contributed by atoms with van der Waals surface area (Å²) in [6, 6.07) is 39.5. The molecule has 0 aliphatic carbocycles. The van der Waals surface area contributed by atoms with Crippen molar-refractivity contribution < 1.29 is 8.42 Å². The van der Waals surface area contributed by atoms with E-state index in [4.69, 9.17) is 0 Å². The standard InChI is InChI=1S/C33H30O2S/c1-24(2)36(34,35)31-20-18-26(19-21-31)30-22-28-14-9-15-32(27-12-7-4-8-13-27)33(28)29(23-30)17-16-25-10-5-3-6-11-25/h3-15,18-24H,16-17H2,1-2H3. The molecule has 0 heterocycles. The van der Waals surface area contributed by atoms with Crippen molar-refractivity contribution in [2.24, 2.45) is 0 Å². The van der Waals surface area contributed by atoms with Gasteiger partial charge < -0.3 is 0 Å².